The summed E-state index contributed by atoms with van der Waals surface area (Å²) in [5, 5.41) is 17.6. The van der Waals surface area contributed by atoms with Gasteiger partial charge in [0.15, 0.2) is 0 Å². The van der Waals surface area contributed by atoms with Crippen molar-refractivity contribution in [2.24, 2.45) is 5.73 Å². The van der Waals surface area contributed by atoms with E-state index in [2.05, 4.69) is 0 Å². The molecule has 0 aliphatic heterocycles. The number of hydrogen-bond donors (Lipinski definition) is 3. The van der Waals surface area contributed by atoms with Crippen molar-refractivity contribution in [2.75, 3.05) is 6.61 Å². The normalized spacial score (nSPS) is 12.5. The first kappa shape index (κ1) is 11.6. The Hall–Kier alpha value is -1.46. The van der Waals surface area contributed by atoms with Crippen LogP contribution in [0.15, 0.2) is 12.1 Å². The molecule has 0 aliphatic rings. The first-order valence-corrected chi connectivity index (χ1v) is 4.37. The van der Waals surface area contributed by atoms with Gasteiger partial charge in [-0.25, -0.2) is 9.18 Å². The molecule has 4 nitrogen and oxygen atoms in total. The van der Waals surface area contributed by atoms with Gasteiger partial charge in [-0.3, -0.25) is 0 Å². The van der Waals surface area contributed by atoms with E-state index in [4.69, 9.17) is 15.9 Å². The van der Waals surface area contributed by atoms with Gasteiger partial charge in [-0.05, 0) is 30.2 Å². The van der Waals surface area contributed by atoms with Gasteiger partial charge < -0.3 is 15.9 Å². The molecule has 5 heteroatoms. The lowest BCUT2D eigenvalue weighted by Gasteiger charge is -2.11. The summed E-state index contributed by atoms with van der Waals surface area (Å²) < 4.78 is 13.3. The summed E-state index contributed by atoms with van der Waals surface area (Å²) in [6.07, 6.45) is 0. The van der Waals surface area contributed by atoms with Crippen LogP contribution in [0.4, 0.5) is 4.39 Å². The van der Waals surface area contributed by atoms with E-state index in [0.29, 0.717) is 0 Å². The highest BCUT2D eigenvalue weighted by atomic mass is 19.1. The third-order valence-corrected chi connectivity index (χ3v) is 2.22. The Kier molecular flexibility index (Phi) is 3.39. The van der Waals surface area contributed by atoms with Crippen LogP contribution >= 0.6 is 0 Å². The van der Waals surface area contributed by atoms with E-state index in [-0.39, 0.29) is 23.3 Å². The van der Waals surface area contributed by atoms with Crippen molar-refractivity contribution in [3.63, 3.8) is 0 Å². The second kappa shape index (κ2) is 4.37. The lowest BCUT2D eigenvalue weighted by atomic mass is 10.0. The lowest BCUT2D eigenvalue weighted by Crippen LogP contribution is -2.16. The van der Waals surface area contributed by atoms with E-state index in [1.165, 1.54) is 13.0 Å². The topological polar surface area (TPSA) is 83.5 Å². The molecule has 0 amide bonds. The standard InChI is InChI=1S/C10H12FNO3/c1-5-7(10(14)15)2-6(3-8(5)11)9(12)4-13/h2-3,9,13H,4,12H2,1H3,(H,14,15). The molecule has 0 saturated heterocycles. The predicted molar refractivity (Wildman–Crippen MR) is 52.1 cm³/mol. The molecule has 0 spiro atoms. The minimum absolute atomic E-state index is 0.0661. The Balaban J connectivity index is 3.29. The van der Waals surface area contributed by atoms with Crippen molar-refractivity contribution in [2.45, 2.75) is 13.0 Å². The summed E-state index contributed by atoms with van der Waals surface area (Å²) in [6, 6.07) is 1.66. The Morgan fingerprint density at radius 1 is 1.60 bits per heavy atom. The number of carbonyl (C=O) groups is 1. The summed E-state index contributed by atoms with van der Waals surface area (Å²) in [7, 11) is 0. The van der Waals surface area contributed by atoms with E-state index >= 15 is 0 Å². The van der Waals surface area contributed by atoms with E-state index in [9.17, 15) is 9.18 Å². The van der Waals surface area contributed by atoms with Gasteiger partial charge >= 0.3 is 5.97 Å². The summed E-state index contributed by atoms with van der Waals surface area (Å²) in [5.41, 5.74) is 5.68. The molecule has 0 aromatic heterocycles. The zero-order chi connectivity index (χ0) is 11.6. The first-order valence-electron chi connectivity index (χ1n) is 4.37. The van der Waals surface area contributed by atoms with Gasteiger partial charge in [-0.15, -0.1) is 0 Å². The number of aliphatic hydroxyl groups excluding tert-OH is 1. The Morgan fingerprint density at radius 3 is 2.67 bits per heavy atom. The van der Waals surface area contributed by atoms with Crippen LogP contribution in [0.3, 0.4) is 0 Å². The molecule has 1 aromatic carbocycles. The van der Waals surface area contributed by atoms with Crippen molar-refractivity contribution in [3.8, 4) is 0 Å². The second-order valence-corrected chi connectivity index (χ2v) is 3.27. The largest absolute Gasteiger partial charge is 0.478 e. The van der Waals surface area contributed by atoms with Crippen LogP contribution in [0.2, 0.25) is 0 Å². The highest BCUT2D eigenvalue weighted by molar-refractivity contribution is 5.89. The van der Waals surface area contributed by atoms with Crippen LogP contribution in [0.5, 0.6) is 0 Å². The highest BCUT2D eigenvalue weighted by Gasteiger charge is 2.15. The maximum absolute atomic E-state index is 13.3. The first-order chi connectivity index (χ1) is 6.97. The molecule has 0 heterocycles. The number of benzene rings is 1. The molecule has 0 fully saturated rings. The van der Waals surface area contributed by atoms with Crippen molar-refractivity contribution in [1.29, 1.82) is 0 Å². The van der Waals surface area contributed by atoms with Crippen LogP contribution < -0.4 is 5.73 Å². The number of hydrogen-bond acceptors (Lipinski definition) is 3. The minimum atomic E-state index is -1.21. The average molecular weight is 213 g/mol. The van der Waals surface area contributed by atoms with Crippen molar-refractivity contribution in [3.05, 3.63) is 34.6 Å². The number of aliphatic hydroxyl groups is 1. The quantitative estimate of drug-likeness (QED) is 0.694. The summed E-state index contributed by atoms with van der Waals surface area (Å²) in [6.45, 7) is 1.02. The van der Waals surface area contributed by atoms with E-state index in [1.54, 1.807) is 0 Å². The van der Waals surface area contributed by atoms with Crippen molar-refractivity contribution >= 4 is 5.97 Å². The van der Waals surface area contributed by atoms with Gasteiger partial charge in [0.25, 0.3) is 0 Å². The second-order valence-electron chi connectivity index (χ2n) is 3.27. The molecule has 0 aliphatic carbocycles. The molecule has 1 aromatic rings. The molecule has 1 unspecified atom stereocenters. The average Bonchev–Trinajstić information content (AvgIpc) is 2.20. The third-order valence-electron chi connectivity index (χ3n) is 2.22. The molecule has 1 atom stereocenters. The van der Waals surface area contributed by atoms with Crippen LogP contribution in [0.25, 0.3) is 0 Å². The van der Waals surface area contributed by atoms with E-state index in [1.807, 2.05) is 0 Å². The summed E-state index contributed by atoms with van der Waals surface area (Å²) >= 11 is 0. The van der Waals surface area contributed by atoms with Gasteiger partial charge in [0.05, 0.1) is 18.2 Å². The molecule has 1 rings (SSSR count). The molecular formula is C10H12FNO3. The zero-order valence-electron chi connectivity index (χ0n) is 8.20. The molecule has 4 N–H and O–H groups in total. The Morgan fingerprint density at radius 2 is 2.20 bits per heavy atom. The van der Waals surface area contributed by atoms with Gasteiger partial charge in [0.2, 0.25) is 0 Å². The van der Waals surface area contributed by atoms with Crippen molar-refractivity contribution < 1.29 is 19.4 Å². The smallest absolute Gasteiger partial charge is 0.336 e. The molecule has 0 saturated carbocycles. The number of carboxylic acid groups (broad SMARTS) is 1. The summed E-state index contributed by atoms with van der Waals surface area (Å²) in [4.78, 5) is 10.8. The molecule has 0 radical (unpaired) electrons. The molecule has 0 bridgehead atoms. The maximum atomic E-state index is 13.3. The van der Waals surface area contributed by atoms with Crippen LogP contribution in [-0.4, -0.2) is 22.8 Å². The van der Waals surface area contributed by atoms with Gasteiger partial charge in [0.1, 0.15) is 5.82 Å². The molecule has 82 valence electrons. The predicted octanol–water partition coefficient (Wildman–Crippen LogP) is 0.824. The number of aromatic carboxylic acids is 1. The Bertz CT molecular complexity index is 392. The molecular weight excluding hydrogens is 201 g/mol. The zero-order valence-corrected chi connectivity index (χ0v) is 8.20. The maximum Gasteiger partial charge on any atom is 0.336 e. The fraction of sp³-hybridized carbons (Fsp3) is 0.300. The minimum Gasteiger partial charge on any atom is -0.478 e. The lowest BCUT2D eigenvalue weighted by molar-refractivity contribution is 0.0695. The monoisotopic (exact) mass is 213 g/mol. The Labute approximate surface area is 86.1 Å². The van der Waals surface area contributed by atoms with Crippen molar-refractivity contribution in [1.82, 2.24) is 0 Å². The van der Waals surface area contributed by atoms with Gasteiger partial charge in [-0.1, -0.05) is 0 Å². The summed E-state index contributed by atoms with van der Waals surface area (Å²) in [5.74, 6) is -1.84. The van der Waals surface area contributed by atoms with Crippen LogP contribution in [-0.2, 0) is 0 Å². The fourth-order valence-electron chi connectivity index (χ4n) is 1.24. The van der Waals surface area contributed by atoms with Crippen LogP contribution in [0.1, 0.15) is 27.5 Å². The van der Waals surface area contributed by atoms with Crippen LogP contribution in [0, 0.1) is 12.7 Å². The van der Waals surface area contributed by atoms with Gasteiger partial charge in [-0.2, -0.15) is 0 Å². The van der Waals surface area contributed by atoms with E-state index in [0.717, 1.165) is 6.07 Å². The molecule has 15 heavy (non-hydrogen) atoms. The highest BCUT2D eigenvalue weighted by Crippen LogP contribution is 2.19. The number of halogens is 1. The fourth-order valence-corrected chi connectivity index (χ4v) is 1.24. The number of rotatable bonds is 3. The van der Waals surface area contributed by atoms with E-state index < -0.39 is 17.8 Å². The number of nitrogens with two attached hydrogens (primary N) is 1. The number of carboxylic acids is 1. The third kappa shape index (κ3) is 2.31. The SMILES string of the molecule is Cc1c(F)cc(C(N)CO)cc1C(=O)O. The van der Waals surface area contributed by atoms with Gasteiger partial charge in [0, 0.05) is 0 Å².